The van der Waals surface area contributed by atoms with Crippen LogP contribution in [0.3, 0.4) is 0 Å². The van der Waals surface area contributed by atoms with Gasteiger partial charge in [-0.3, -0.25) is 0 Å². The third-order valence-corrected chi connectivity index (χ3v) is 5.08. The first-order valence-electron chi connectivity index (χ1n) is 8.84. The van der Waals surface area contributed by atoms with E-state index in [0.717, 1.165) is 18.2 Å². The highest BCUT2D eigenvalue weighted by Gasteiger charge is 2.43. The Morgan fingerprint density at radius 2 is 1.17 bits per heavy atom. The number of aliphatic hydroxyl groups is 1. The van der Waals surface area contributed by atoms with Crippen molar-refractivity contribution in [2.75, 3.05) is 0 Å². The number of benzene rings is 3. The summed E-state index contributed by atoms with van der Waals surface area (Å²) in [6, 6.07) is 7.90. The molecule has 0 amide bonds. The second kappa shape index (κ2) is 6.82. The average Bonchev–Trinajstić information content (AvgIpc) is 2.64. The minimum atomic E-state index is -1.50. The second-order valence-electron chi connectivity index (χ2n) is 7.03. The van der Waals surface area contributed by atoms with Gasteiger partial charge in [-0.15, -0.1) is 0 Å². The van der Waals surface area contributed by atoms with Crippen molar-refractivity contribution in [3.63, 3.8) is 0 Å². The third kappa shape index (κ3) is 3.01. The molecule has 0 radical (unpaired) electrons. The Hall–Kier alpha value is -3.98. The first-order chi connectivity index (χ1) is 14.2. The molecule has 8 N–H and O–H groups in total. The SMILES string of the molecule is Oc1cc(O)c([C@@H]2c3c(O)cc(O)cc3O[C@H](c3ccc(O)c(O)c3)C2O)c(O)c1. The van der Waals surface area contributed by atoms with Crippen molar-refractivity contribution in [2.45, 2.75) is 18.1 Å². The highest BCUT2D eigenvalue weighted by Crippen LogP contribution is 2.54. The Balaban J connectivity index is 1.95. The lowest BCUT2D eigenvalue weighted by Crippen LogP contribution is -2.35. The van der Waals surface area contributed by atoms with E-state index in [4.69, 9.17) is 4.74 Å². The molecule has 0 saturated carbocycles. The monoisotopic (exact) mass is 414 g/mol. The van der Waals surface area contributed by atoms with Crippen molar-refractivity contribution in [1.29, 1.82) is 0 Å². The van der Waals surface area contributed by atoms with Gasteiger partial charge in [-0.1, -0.05) is 6.07 Å². The minimum Gasteiger partial charge on any atom is -0.508 e. The van der Waals surface area contributed by atoms with Gasteiger partial charge in [0, 0.05) is 35.4 Å². The van der Waals surface area contributed by atoms with Crippen molar-refractivity contribution >= 4 is 0 Å². The Kier molecular flexibility index (Phi) is 4.39. The topological polar surface area (TPSA) is 171 Å². The van der Waals surface area contributed by atoms with Crippen LogP contribution in [0, 0.1) is 0 Å². The summed E-state index contributed by atoms with van der Waals surface area (Å²) in [7, 11) is 0. The van der Waals surface area contributed by atoms with E-state index in [0.29, 0.717) is 0 Å². The molecule has 0 aromatic heterocycles. The van der Waals surface area contributed by atoms with Crippen LogP contribution in [-0.2, 0) is 0 Å². The van der Waals surface area contributed by atoms with E-state index in [1.54, 1.807) is 0 Å². The summed E-state index contributed by atoms with van der Waals surface area (Å²) < 4.78 is 5.77. The zero-order valence-corrected chi connectivity index (χ0v) is 15.3. The van der Waals surface area contributed by atoms with E-state index >= 15 is 0 Å². The highest BCUT2D eigenvalue weighted by atomic mass is 16.5. The molecule has 4 rings (SSSR count). The van der Waals surface area contributed by atoms with Gasteiger partial charge in [0.05, 0.1) is 5.92 Å². The van der Waals surface area contributed by atoms with Gasteiger partial charge in [0.2, 0.25) is 0 Å². The van der Waals surface area contributed by atoms with E-state index < -0.39 is 46.9 Å². The molecular weight excluding hydrogens is 396 g/mol. The summed E-state index contributed by atoms with van der Waals surface area (Å²) in [6.45, 7) is 0. The van der Waals surface area contributed by atoms with Gasteiger partial charge in [0.15, 0.2) is 17.6 Å². The van der Waals surface area contributed by atoms with Gasteiger partial charge >= 0.3 is 0 Å². The normalized spacial score (nSPS) is 20.4. The van der Waals surface area contributed by atoms with Crippen LogP contribution in [0.4, 0.5) is 0 Å². The summed E-state index contributed by atoms with van der Waals surface area (Å²) in [6.07, 6.45) is -2.68. The van der Waals surface area contributed by atoms with E-state index in [9.17, 15) is 40.9 Å². The van der Waals surface area contributed by atoms with Gasteiger partial charge in [-0.25, -0.2) is 0 Å². The Morgan fingerprint density at radius 3 is 1.77 bits per heavy atom. The minimum absolute atomic E-state index is 0.00385. The zero-order valence-electron chi connectivity index (χ0n) is 15.3. The Bertz CT molecular complexity index is 1120. The number of aromatic hydroxyl groups is 7. The highest BCUT2D eigenvalue weighted by molar-refractivity contribution is 5.62. The van der Waals surface area contributed by atoms with Crippen LogP contribution in [0.1, 0.15) is 28.7 Å². The lowest BCUT2D eigenvalue weighted by Gasteiger charge is -2.38. The molecule has 9 heteroatoms. The average molecular weight is 414 g/mol. The Morgan fingerprint density at radius 1 is 0.600 bits per heavy atom. The molecular formula is C21H18O9. The summed E-state index contributed by atoms with van der Waals surface area (Å²) in [4.78, 5) is 0. The van der Waals surface area contributed by atoms with Crippen molar-refractivity contribution in [2.24, 2.45) is 0 Å². The summed E-state index contributed by atoms with van der Waals surface area (Å²) >= 11 is 0. The molecule has 1 aliphatic heterocycles. The predicted molar refractivity (Wildman–Crippen MR) is 102 cm³/mol. The fraction of sp³-hybridized carbons (Fsp3) is 0.143. The van der Waals surface area contributed by atoms with Gasteiger partial charge < -0.3 is 45.6 Å². The Labute approximate surface area is 169 Å². The number of rotatable bonds is 2. The quantitative estimate of drug-likeness (QED) is 0.293. The molecule has 0 bridgehead atoms. The number of hydrogen-bond donors (Lipinski definition) is 8. The smallest absolute Gasteiger partial charge is 0.157 e. The maximum Gasteiger partial charge on any atom is 0.157 e. The van der Waals surface area contributed by atoms with E-state index in [-0.39, 0.29) is 33.9 Å². The van der Waals surface area contributed by atoms with Crippen LogP contribution in [0.2, 0.25) is 0 Å². The van der Waals surface area contributed by atoms with E-state index in [2.05, 4.69) is 0 Å². The molecule has 0 spiro atoms. The molecule has 3 atom stereocenters. The van der Waals surface area contributed by atoms with Gasteiger partial charge in [-0.05, 0) is 17.7 Å². The number of hydrogen-bond acceptors (Lipinski definition) is 9. The summed E-state index contributed by atoms with van der Waals surface area (Å²) in [5, 5.41) is 81.2. The molecule has 0 saturated heterocycles. The first-order valence-corrected chi connectivity index (χ1v) is 8.84. The molecule has 3 aromatic carbocycles. The second-order valence-corrected chi connectivity index (χ2v) is 7.03. The molecule has 3 aromatic rings. The predicted octanol–water partition coefficient (Wildman–Crippen LogP) is 2.25. The van der Waals surface area contributed by atoms with Gasteiger partial charge in [-0.2, -0.15) is 0 Å². The fourth-order valence-corrected chi connectivity index (χ4v) is 3.78. The van der Waals surface area contributed by atoms with Crippen LogP contribution in [0.15, 0.2) is 42.5 Å². The first kappa shape index (κ1) is 19.3. The molecule has 0 aliphatic carbocycles. The number of phenols is 7. The molecule has 1 unspecified atom stereocenters. The molecule has 9 nitrogen and oxygen atoms in total. The maximum atomic E-state index is 11.1. The lowest BCUT2D eigenvalue weighted by atomic mass is 9.79. The van der Waals surface area contributed by atoms with Crippen LogP contribution in [0.5, 0.6) is 46.0 Å². The van der Waals surface area contributed by atoms with Gasteiger partial charge in [0.25, 0.3) is 0 Å². The van der Waals surface area contributed by atoms with Crippen molar-refractivity contribution in [3.05, 3.63) is 59.2 Å². The van der Waals surface area contributed by atoms with Crippen molar-refractivity contribution in [3.8, 4) is 46.0 Å². The van der Waals surface area contributed by atoms with Crippen molar-refractivity contribution in [1.82, 2.24) is 0 Å². The lowest BCUT2D eigenvalue weighted by molar-refractivity contribution is 0.00644. The standard InChI is InChI=1S/C21H18O9/c22-9-4-13(26)17(14(27)5-9)19-18-15(28)6-10(23)7-16(18)30-21(20(19)29)8-1-2-11(24)12(25)3-8/h1-7,19-29H/t19-,20?,21-/m1/s1. The number of fused-ring (bicyclic) bond motifs is 1. The molecule has 1 heterocycles. The van der Waals surface area contributed by atoms with E-state index in [1.165, 1.54) is 24.3 Å². The number of aliphatic hydroxyl groups excluding tert-OH is 1. The van der Waals surface area contributed by atoms with Gasteiger partial charge in [0.1, 0.15) is 40.6 Å². The maximum absolute atomic E-state index is 11.1. The van der Waals surface area contributed by atoms with Crippen LogP contribution >= 0.6 is 0 Å². The zero-order chi connectivity index (χ0) is 21.7. The third-order valence-electron chi connectivity index (χ3n) is 5.08. The molecule has 30 heavy (non-hydrogen) atoms. The van der Waals surface area contributed by atoms with Crippen LogP contribution < -0.4 is 4.74 Å². The summed E-state index contributed by atoms with van der Waals surface area (Å²) in [5.41, 5.74) is 0.0590. The molecule has 1 aliphatic rings. The summed E-state index contributed by atoms with van der Waals surface area (Å²) in [5.74, 6) is -4.38. The van der Waals surface area contributed by atoms with Crippen LogP contribution in [-0.4, -0.2) is 47.0 Å². The fourth-order valence-electron chi connectivity index (χ4n) is 3.78. The largest absolute Gasteiger partial charge is 0.508 e. The van der Waals surface area contributed by atoms with E-state index in [1.807, 2.05) is 0 Å². The van der Waals surface area contributed by atoms with Crippen molar-refractivity contribution < 1.29 is 45.6 Å². The molecule has 0 fully saturated rings. The molecule has 156 valence electrons. The number of phenolic OH excluding ortho intramolecular Hbond substituents is 7. The number of ether oxygens (including phenoxy) is 1. The van der Waals surface area contributed by atoms with Crippen LogP contribution in [0.25, 0.3) is 0 Å².